The number of likely N-dealkylation sites (tertiary alicyclic amines) is 2. The number of carbonyl (C=O) groups excluding carboxylic acids is 1. The highest BCUT2D eigenvalue weighted by Crippen LogP contribution is 2.54. The Labute approximate surface area is 182 Å². The SMILES string of the molecule is O=C(Cc1ccccn1)N1CC2(C1)[C@@H](c1ccccc1)[C@@H](CO)N2Cc1ccccn1. The highest BCUT2D eigenvalue weighted by atomic mass is 16.3. The van der Waals surface area contributed by atoms with Crippen LogP contribution in [-0.4, -0.2) is 62.1 Å². The van der Waals surface area contributed by atoms with Crippen molar-refractivity contribution in [2.24, 2.45) is 0 Å². The van der Waals surface area contributed by atoms with Gasteiger partial charge in [-0.25, -0.2) is 0 Å². The molecule has 1 amide bonds. The number of aromatic nitrogens is 2. The quantitative estimate of drug-likeness (QED) is 0.670. The zero-order valence-electron chi connectivity index (χ0n) is 17.3. The molecule has 0 unspecified atom stereocenters. The predicted octanol–water partition coefficient (Wildman–Crippen LogP) is 2.26. The molecule has 1 aromatic carbocycles. The van der Waals surface area contributed by atoms with Crippen molar-refractivity contribution in [3.05, 3.63) is 96.1 Å². The Bertz CT molecular complexity index is 1020. The van der Waals surface area contributed by atoms with Crippen LogP contribution in [0.5, 0.6) is 0 Å². The van der Waals surface area contributed by atoms with E-state index in [1.165, 1.54) is 5.56 Å². The van der Waals surface area contributed by atoms with Crippen LogP contribution >= 0.6 is 0 Å². The van der Waals surface area contributed by atoms with Gasteiger partial charge in [0.25, 0.3) is 0 Å². The number of hydrogen-bond acceptors (Lipinski definition) is 5. The minimum atomic E-state index is -0.175. The molecule has 0 bridgehead atoms. The molecule has 0 radical (unpaired) electrons. The summed E-state index contributed by atoms with van der Waals surface area (Å²) in [5, 5.41) is 10.2. The van der Waals surface area contributed by atoms with Gasteiger partial charge < -0.3 is 10.0 Å². The van der Waals surface area contributed by atoms with Crippen LogP contribution in [0.2, 0.25) is 0 Å². The third-order valence-electron chi connectivity index (χ3n) is 6.68. The maximum absolute atomic E-state index is 12.9. The second-order valence-electron chi connectivity index (χ2n) is 8.44. The van der Waals surface area contributed by atoms with Crippen LogP contribution in [0.1, 0.15) is 22.9 Å². The first-order valence-corrected chi connectivity index (χ1v) is 10.7. The van der Waals surface area contributed by atoms with Crippen molar-refractivity contribution < 1.29 is 9.90 Å². The fourth-order valence-corrected chi connectivity index (χ4v) is 5.24. The molecule has 1 spiro atoms. The van der Waals surface area contributed by atoms with Gasteiger partial charge in [0.15, 0.2) is 0 Å². The highest BCUT2D eigenvalue weighted by Gasteiger charge is 2.66. The molecule has 158 valence electrons. The third kappa shape index (κ3) is 3.52. The smallest absolute Gasteiger partial charge is 0.228 e. The Hall–Kier alpha value is -3.09. The van der Waals surface area contributed by atoms with E-state index in [4.69, 9.17) is 0 Å². The molecule has 2 aliphatic rings. The normalized spacial score (nSPS) is 22.0. The predicted molar refractivity (Wildman–Crippen MR) is 117 cm³/mol. The lowest BCUT2D eigenvalue weighted by Gasteiger charge is -2.70. The van der Waals surface area contributed by atoms with Gasteiger partial charge in [0.1, 0.15) is 0 Å². The van der Waals surface area contributed by atoms with E-state index in [9.17, 15) is 9.90 Å². The van der Waals surface area contributed by atoms with Gasteiger partial charge in [-0.05, 0) is 29.8 Å². The molecule has 2 aromatic heterocycles. The van der Waals surface area contributed by atoms with Crippen LogP contribution in [0.4, 0.5) is 0 Å². The Kier molecular flexibility index (Phi) is 5.26. The Morgan fingerprint density at radius 2 is 1.58 bits per heavy atom. The van der Waals surface area contributed by atoms with Crippen LogP contribution in [0.3, 0.4) is 0 Å². The van der Waals surface area contributed by atoms with Crippen molar-refractivity contribution in [2.75, 3.05) is 19.7 Å². The second-order valence-corrected chi connectivity index (χ2v) is 8.44. The fraction of sp³-hybridized carbons (Fsp3) is 0.320. The summed E-state index contributed by atoms with van der Waals surface area (Å²) in [5.41, 5.74) is 2.81. The van der Waals surface area contributed by atoms with Crippen molar-refractivity contribution >= 4 is 5.91 Å². The molecule has 4 heterocycles. The van der Waals surface area contributed by atoms with Gasteiger partial charge in [0.05, 0.1) is 24.3 Å². The summed E-state index contributed by atoms with van der Waals surface area (Å²) in [4.78, 5) is 25.9. The number of carbonyl (C=O) groups is 1. The fourth-order valence-electron chi connectivity index (χ4n) is 5.24. The molecule has 0 aliphatic carbocycles. The van der Waals surface area contributed by atoms with Gasteiger partial charge in [-0.1, -0.05) is 42.5 Å². The van der Waals surface area contributed by atoms with Crippen molar-refractivity contribution in [1.29, 1.82) is 0 Å². The molecule has 6 nitrogen and oxygen atoms in total. The lowest BCUT2D eigenvalue weighted by molar-refractivity contribution is -0.200. The topological polar surface area (TPSA) is 69.6 Å². The van der Waals surface area contributed by atoms with E-state index in [0.29, 0.717) is 26.1 Å². The van der Waals surface area contributed by atoms with Crippen LogP contribution in [0.25, 0.3) is 0 Å². The lowest BCUT2D eigenvalue weighted by atomic mass is 9.60. The second kappa shape index (κ2) is 8.21. The summed E-state index contributed by atoms with van der Waals surface area (Å²) < 4.78 is 0. The number of hydrogen-bond donors (Lipinski definition) is 1. The van der Waals surface area contributed by atoms with Crippen molar-refractivity contribution in [3.63, 3.8) is 0 Å². The van der Waals surface area contributed by atoms with Gasteiger partial charge in [0.2, 0.25) is 5.91 Å². The third-order valence-corrected chi connectivity index (χ3v) is 6.68. The molecule has 2 saturated heterocycles. The summed E-state index contributed by atoms with van der Waals surface area (Å²) in [6, 6.07) is 21.9. The van der Waals surface area contributed by atoms with Gasteiger partial charge >= 0.3 is 0 Å². The summed E-state index contributed by atoms with van der Waals surface area (Å²) in [6.45, 7) is 2.05. The van der Waals surface area contributed by atoms with Crippen LogP contribution in [0, 0.1) is 0 Å². The number of rotatable bonds is 6. The number of aliphatic hydroxyl groups is 1. The number of nitrogens with zero attached hydrogens (tertiary/aromatic N) is 4. The van der Waals surface area contributed by atoms with Crippen molar-refractivity contribution in [1.82, 2.24) is 19.8 Å². The summed E-state index contributed by atoms with van der Waals surface area (Å²) in [7, 11) is 0. The number of aliphatic hydroxyl groups excluding tert-OH is 1. The zero-order valence-corrected chi connectivity index (χ0v) is 17.3. The monoisotopic (exact) mass is 414 g/mol. The standard InChI is InChI=1S/C25H26N4O2/c30-16-22-24(19-8-2-1-3-9-19)25(29(22)15-21-11-5-7-13-27-21)17-28(18-25)23(31)14-20-10-4-6-12-26-20/h1-13,22,24,30H,14-18H2/t22-,24+/m1/s1. The van der Waals surface area contributed by atoms with Crippen molar-refractivity contribution in [2.45, 2.75) is 30.5 Å². The Balaban J connectivity index is 1.38. The first-order chi connectivity index (χ1) is 15.2. The molecule has 0 saturated carbocycles. The average molecular weight is 415 g/mol. The van der Waals surface area contributed by atoms with E-state index < -0.39 is 0 Å². The summed E-state index contributed by atoms with van der Waals surface area (Å²) in [6.07, 6.45) is 3.84. The molecular formula is C25H26N4O2. The van der Waals surface area contributed by atoms with E-state index in [1.807, 2.05) is 59.5 Å². The van der Waals surface area contributed by atoms with E-state index in [0.717, 1.165) is 11.4 Å². The van der Waals surface area contributed by atoms with E-state index in [2.05, 4.69) is 27.0 Å². The Morgan fingerprint density at radius 3 is 2.19 bits per heavy atom. The van der Waals surface area contributed by atoms with Crippen LogP contribution < -0.4 is 0 Å². The summed E-state index contributed by atoms with van der Waals surface area (Å²) >= 11 is 0. The van der Waals surface area contributed by atoms with Crippen LogP contribution in [0.15, 0.2) is 79.1 Å². The average Bonchev–Trinajstić information content (AvgIpc) is 2.77. The molecule has 2 fully saturated rings. The highest BCUT2D eigenvalue weighted by molar-refractivity contribution is 5.80. The Morgan fingerprint density at radius 1 is 0.935 bits per heavy atom. The van der Waals surface area contributed by atoms with Gasteiger partial charge in [-0.2, -0.15) is 0 Å². The number of amides is 1. The van der Waals surface area contributed by atoms with Crippen molar-refractivity contribution in [3.8, 4) is 0 Å². The minimum Gasteiger partial charge on any atom is -0.395 e. The van der Waals surface area contributed by atoms with E-state index in [-0.39, 0.29) is 30.0 Å². The molecule has 2 atom stereocenters. The molecular weight excluding hydrogens is 388 g/mol. The zero-order chi connectivity index (χ0) is 21.3. The van der Waals surface area contributed by atoms with E-state index in [1.54, 1.807) is 12.4 Å². The first-order valence-electron chi connectivity index (χ1n) is 10.7. The maximum atomic E-state index is 12.9. The van der Waals surface area contributed by atoms with Gasteiger partial charge in [-0.15, -0.1) is 0 Å². The van der Waals surface area contributed by atoms with Gasteiger partial charge in [-0.3, -0.25) is 19.7 Å². The molecule has 1 N–H and O–H groups in total. The molecule has 31 heavy (non-hydrogen) atoms. The maximum Gasteiger partial charge on any atom is 0.228 e. The van der Waals surface area contributed by atoms with Crippen LogP contribution in [-0.2, 0) is 17.8 Å². The summed E-state index contributed by atoms with van der Waals surface area (Å²) in [5.74, 6) is 0.280. The number of pyridine rings is 2. The molecule has 2 aliphatic heterocycles. The molecule has 3 aromatic rings. The lowest BCUT2D eigenvalue weighted by Crippen LogP contribution is -2.84. The number of benzene rings is 1. The molecule has 6 heteroatoms. The first kappa shape index (κ1) is 19.8. The van der Waals surface area contributed by atoms with E-state index >= 15 is 0 Å². The largest absolute Gasteiger partial charge is 0.395 e. The minimum absolute atomic E-state index is 0.0115. The van der Waals surface area contributed by atoms with Gasteiger partial charge in [0, 0.05) is 49.7 Å². The molecule has 5 rings (SSSR count).